The van der Waals surface area contributed by atoms with Crippen molar-refractivity contribution in [1.29, 1.82) is 0 Å². The lowest BCUT2D eigenvalue weighted by Crippen LogP contribution is -2.14. The maximum atomic E-state index is 11.3. The van der Waals surface area contributed by atoms with Crippen molar-refractivity contribution in [3.05, 3.63) is 34.9 Å². The molecule has 1 saturated carbocycles. The highest BCUT2D eigenvalue weighted by molar-refractivity contribution is 7.90. The summed E-state index contributed by atoms with van der Waals surface area (Å²) in [5.74, 6) is 0.982. The maximum Gasteiger partial charge on any atom is 0.315 e. The van der Waals surface area contributed by atoms with Gasteiger partial charge in [0.1, 0.15) is 15.5 Å². The van der Waals surface area contributed by atoms with E-state index < -0.39 is 9.84 Å². The van der Waals surface area contributed by atoms with Crippen molar-refractivity contribution in [2.75, 3.05) is 23.9 Å². The average Bonchev–Trinajstić information content (AvgIpc) is 3.38. The fourth-order valence-electron chi connectivity index (χ4n) is 3.59. The van der Waals surface area contributed by atoms with Crippen LogP contribution in [0.5, 0.6) is 0 Å². The molecular weight excluding hydrogens is 400 g/mol. The van der Waals surface area contributed by atoms with Gasteiger partial charge in [0.05, 0.1) is 11.3 Å². The highest BCUT2D eigenvalue weighted by Crippen LogP contribution is 2.43. The number of nitrogens with one attached hydrogen (secondary N) is 1. The normalized spacial score (nSPS) is 15.0. The molecule has 160 valence electrons. The Bertz CT molecular complexity index is 1210. The van der Waals surface area contributed by atoms with Gasteiger partial charge < -0.3 is 9.73 Å². The van der Waals surface area contributed by atoms with Crippen LogP contribution >= 0.6 is 0 Å². The summed E-state index contributed by atoms with van der Waals surface area (Å²) < 4.78 is 28.2. The lowest BCUT2D eigenvalue weighted by molar-refractivity contribution is 0.578. The van der Waals surface area contributed by atoms with Gasteiger partial charge in [-0.1, -0.05) is 31.9 Å². The molecule has 2 aromatic heterocycles. The smallest absolute Gasteiger partial charge is 0.315 e. The van der Waals surface area contributed by atoms with E-state index in [2.05, 4.69) is 55.3 Å². The summed E-state index contributed by atoms with van der Waals surface area (Å²) in [6, 6.07) is 6.75. The van der Waals surface area contributed by atoms with Crippen LogP contribution in [0, 0.1) is 6.92 Å². The predicted octanol–water partition coefficient (Wildman–Crippen LogP) is 4.22. The van der Waals surface area contributed by atoms with Crippen molar-refractivity contribution in [2.24, 2.45) is 0 Å². The Morgan fingerprint density at radius 3 is 2.53 bits per heavy atom. The van der Waals surface area contributed by atoms with E-state index in [1.165, 1.54) is 35.6 Å². The first-order valence-electron chi connectivity index (χ1n) is 10.2. The van der Waals surface area contributed by atoms with Crippen LogP contribution in [0.25, 0.3) is 22.5 Å². The topological polar surface area (TPSA) is 98.0 Å². The lowest BCUT2D eigenvalue weighted by atomic mass is 9.83. The largest absolute Gasteiger partial charge is 0.402 e. The van der Waals surface area contributed by atoms with Crippen LogP contribution in [0.15, 0.2) is 22.6 Å². The number of fused-ring (bicyclic) bond motifs is 1. The zero-order valence-electron chi connectivity index (χ0n) is 18.1. The van der Waals surface area contributed by atoms with Gasteiger partial charge >= 0.3 is 6.01 Å². The molecular formula is C22H28N4O3S. The van der Waals surface area contributed by atoms with Gasteiger partial charge in [-0.15, -0.1) is 5.10 Å². The van der Waals surface area contributed by atoms with Crippen LogP contribution in [0.3, 0.4) is 0 Å². The average molecular weight is 429 g/mol. The highest BCUT2D eigenvalue weighted by atomic mass is 32.2. The number of hydrogen-bond donors (Lipinski definition) is 1. The second-order valence-corrected chi connectivity index (χ2v) is 11.5. The minimum Gasteiger partial charge on any atom is -0.402 e. The molecule has 0 bridgehead atoms. The molecule has 1 N–H and O–H groups in total. The second-order valence-electron chi connectivity index (χ2n) is 9.28. The van der Waals surface area contributed by atoms with E-state index in [1.54, 1.807) is 0 Å². The molecule has 0 atom stereocenters. The molecule has 30 heavy (non-hydrogen) atoms. The molecule has 1 aliphatic carbocycles. The maximum absolute atomic E-state index is 11.3. The van der Waals surface area contributed by atoms with Crippen molar-refractivity contribution in [1.82, 2.24) is 15.2 Å². The quantitative estimate of drug-likeness (QED) is 0.627. The van der Waals surface area contributed by atoms with E-state index in [0.717, 1.165) is 11.1 Å². The minimum absolute atomic E-state index is 0.00365. The van der Waals surface area contributed by atoms with Crippen LogP contribution in [-0.2, 0) is 15.3 Å². The molecule has 3 aromatic rings. The Kier molecular flexibility index (Phi) is 5.08. The standard InChI is InChI=1S/C22H28N4O3S/c1-13-10-18(20-25-26-21(29-20)23-8-9-30(5,27)28)24-19-16(13)11-15(14-6-7-14)12-17(19)22(2,3)4/h10-12,14H,6-9H2,1-5H3,(H,23,26). The zero-order valence-corrected chi connectivity index (χ0v) is 18.9. The first kappa shape index (κ1) is 20.8. The molecule has 7 nitrogen and oxygen atoms in total. The van der Waals surface area contributed by atoms with Crippen molar-refractivity contribution >= 4 is 26.8 Å². The van der Waals surface area contributed by atoms with Crippen LogP contribution in [0.2, 0.25) is 0 Å². The molecule has 0 saturated heterocycles. The third kappa shape index (κ3) is 4.48. The summed E-state index contributed by atoms with van der Waals surface area (Å²) in [6.45, 7) is 8.91. The van der Waals surface area contributed by atoms with E-state index in [4.69, 9.17) is 9.40 Å². The Morgan fingerprint density at radius 2 is 1.90 bits per heavy atom. The Hall–Kier alpha value is -2.48. The fraction of sp³-hybridized carbons (Fsp3) is 0.500. The summed E-state index contributed by atoms with van der Waals surface area (Å²) in [7, 11) is -3.06. The highest BCUT2D eigenvalue weighted by Gasteiger charge is 2.28. The van der Waals surface area contributed by atoms with Crippen LogP contribution < -0.4 is 5.32 Å². The lowest BCUT2D eigenvalue weighted by Gasteiger charge is -2.23. The number of anilines is 1. The number of sulfone groups is 1. The van der Waals surface area contributed by atoms with Gasteiger partial charge in [-0.3, -0.25) is 0 Å². The van der Waals surface area contributed by atoms with Crippen molar-refractivity contribution < 1.29 is 12.8 Å². The fourth-order valence-corrected chi connectivity index (χ4v) is 4.06. The van der Waals surface area contributed by atoms with Crippen LogP contribution in [0.1, 0.15) is 56.2 Å². The first-order chi connectivity index (χ1) is 14.0. The van der Waals surface area contributed by atoms with E-state index in [0.29, 0.717) is 17.5 Å². The number of benzene rings is 1. The number of rotatable bonds is 6. The minimum atomic E-state index is -3.06. The first-order valence-corrected chi connectivity index (χ1v) is 12.3. The van der Waals surface area contributed by atoms with Gasteiger partial charge in [0.2, 0.25) is 0 Å². The third-order valence-corrected chi connectivity index (χ3v) is 6.34. The van der Waals surface area contributed by atoms with E-state index >= 15 is 0 Å². The SMILES string of the molecule is Cc1cc(-c2nnc(NCCS(C)(=O)=O)o2)nc2c(C(C)(C)C)cc(C3CC3)cc12. The number of aromatic nitrogens is 3. The molecule has 8 heteroatoms. The summed E-state index contributed by atoms with van der Waals surface area (Å²) in [5.41, 5.74) is 5.28. The van der Waals surface area contributed by atoms with Gasteiger partial charge in [-0.05, 0) is 59.9 Å². The van der Waals surface area contributed by atoms with Gasteiger partial charge in [0.25, 0.3) is 5.89 Å². The second kappa shape index (κ2) is 7.34. The van der Waals surface area contributed by atoms with Gasteiger partial charge in [-0.2, -0.15) is 0 Å². The van der Waals surface area contributed by atoms with Crippen molar-refractivity contribution in [3.8, 4) is 11.6 Å². The monoisotopic (exact) mass is 428 g/mol. The molecule has 1 aliphatic rings. The predicted molar refractivity (Wildman–Crippen MR) is 119 cm³/mol. The number of nitrogens with zero attached hydrogens (tertiary/aromatic N) is 3. The molecule has 0 radical (unpaired) electrons. The molecule has 0 unspecified atom stereocenters. The van der Waals surface area contributed by atoms with Crippen molar-refractivity contribution in [2.45, 2.75) is 51.9 Å². The molecule has 0 spiro atoms. The van der Waals surface area contributed by atoms with Crippen molar-refractivity contribution in [3.63, 3.8) is 0 Å². The van der Waals surface area contributed by atoms with E-state index in [1.807, 2.05) is 6.07 Å². The Balaban J connectivity index is 1.72. The van der Waals surface area contributed by atoms with E-state index in [-0.39, 0.29) is 23.7 Å². The van der Waals surface area contributed by atoms with Crippen LogP contribution in [-0.4, -0.2) is 42.2 Å². The molecule has 4 rings (SSSR count). The van der Waals surface area contributed by atoms with Gasteiger partial charge in [-0.25, -0.2) is 13.4 Å². The van der Waals surface area contributed by atoms with E-state index in [9.17, 15) is 8.42 Å². The number of hydrogen-bond acceptors (Lipinski definition) is 7. The zero-order chi connectivity index (χ0) is 21.7. The molecule has 1 aromatic carbocycles. The number of aryl methyl sites for hydroxylation is 1. The Labute approximate surface area is 177 Å². The molecule has 2 heterocycles. The Morgan fingerprint density at radius 1 is 1.17 bits per heavy atom. The molecule has 0 amide bonds. The van der Waals surface area contributed by atoms with Gasteiger partial charge in [0, 0.05) is 18.2 Å². The number of pyridine rings is 1. The van der Waals surface area contributed by atoms with Gasteiger partial charge in [0.15, 0.2) is 0 Å². The summed E-state index contributed by atoms with van der Waals surface area (Å²) in [5, 5.41) is 12.1. The summed E-state index contributed by atoms with van der Waals surface area (Å²) in [6.07, 6.45) is 3.71. The molecule has 1 fully saturated rings. The summed E-state index contributed by atoms with van der Waals surface area (Å²) >= 11 is 0. The van der Waals surface area contributed by atoms with Crippen LogP contribution in [0.4, 0.5) is 6.01 Å². The summed E-state index contributed by atoms with van der Waals surface area (Å²) in [4.78, 5) is 4.91. The third-order valence-electron chi connectivity index (χ3n) is 5.39. The molecule has 0 aliphatic heterocycles.